The molecule has 0 bridgehead atoms. The van der Waals surface area contributed by atoms with Gasteiger partial charge in [0.2, 0.25) is 0 Å². The van der Waals surface area contributed by atoms with Crippen LogP contribution in [-0.4, -0.2) is 36.5 Å². The molecule has 0 spiro atoms. The van der Waals surface area contributed by atoms with E-state index in [-0.39, 0.29) is 6.10 Å². The van der Waals surface area contributed by atoms with Crippen molar-refractivity contribution in [1.29, 1.82) is 0 Å². The third-order valence-corrected chi connectivity index (χ3v) is 2.38. The van der Waals surface area contributed by atoms with Crippen LogP contribution in [0.5, 0.6) is 5.75 Å². The van der Waals surface area contributed by atoms with Gasteiger partial charge in [-0.2, -0.15) is 0 Å². The zero-order valence-corrected chi connectivity index (χ0v) is 8.30. The smallest absolute Gasteiger partial charge is 0.488 e. The van der Waals surface area contributed by atoms with Crippen molar-refractivity contribution in [3.8, 4) is 5.75 Å². The van der Waals surface area contributed by atoms with Crippen LogP contribution in [0.4, 0.5) is 0 Å². The van der Waals surface area contributed by atoms with Crippen LogP contribution in [0.1, 0.15) is 6.42 Å². The molecule has 1 aliphatic rings. The zero-order chi connectivity index (χ0) is 10.7. The fourth-order valence-corrected chi connectivity index (χ4v) is 1.59. The monoisotopic (exact) mass is 208 g/mol. The van der Waals surface area contributed by atoms with Gasteiger partial charge in [0.25, 0.3) is 0 Å². The average Bonchev–Trinajstić information content (AvgIpc) is 2.71. The van der Waals surface area contributed by atoms with E-state index in [1.165, 1.54) is 0 Å². The van der Waals surface area contributed by atoms with Crippen molar-refractivity contribution in [3.63, 3.8) is 0 Å². The average molecular weight is 208 g/mol. The molecule has 1 saturated heterocycles. The fourth-order valence-electron chi connectivity index (χ4n) is 1.59. The summed E-state index contributed by atoms with van der Waals surface area (Å²) in [6, 6.07) is 6.91. The maximum Gasteiger partial charge on any atom is 0.492 e. The minimum atomic E-state index is -1.50. The molecule has 0 radical (unpaired) electrons. The van der Waals surface area contributed by atoms with E-state index in [1.807, 2.05) is 0 Å². The van der Waals surface area contributed by atoms with Gasteiger partial charge in [0.1, 0.15) is 11.9 Å². The number of hydrogen-bond donors (Lipinski definition) is 2. The lowest BCUT2D eigenvalue weighted by molar-refractivity contribution is 0.142. The predicted molar refractivity (Wildman–Crippen MR) is 56.1 cm³/mol. The number of rotatable bonds is 3. The summed E-state index contributed by atoms with van der Waals surface area (Å²) in [5, 5.41) is 18.2. The molecule has 1 fully saturated rings. The van der Waals surface area contributed by atoms with Crippen molar-refractivity contribution >= 4 is 12.6 Å². The highest BCUT2D eigenvalue weighted by atomic mass is 16.5. The van der Waals surface area contributed by atoms with Crippen LogP contribution in [0, 0.1) is 0 Å². The summed E-state index contributed by atoms with van der Waals surface area (Å²) in [6.45, 7) is 1.27. The molecule has 1 aromatic rings. The lowest BCUT2D eigenvalue weighted by Crippen LogP contribution is -2.33. The van der Waals surface area contributed by atoms with Gasteiger partial charge in [0.15, 0.2) is 0 Å². The van der Waals surface area contributed by atoms with Gasteiger partial charge >= 0.3 is 7.12 Å². The molecular formula is C10H13BO4. The first-order chi connectivity index (χ1) is 7.27. The fraction of sp³-hybridized carbons (Fsp3) is 0.400. The van der Waals surface area contributed by atoms with Crippen molar-refractivity contribution < 1.29 is 19.5 Å². The molecule has 0 saturated carbocycles. The summed E-state index contributed by atoms with van der Waals surface area (Å²) in [6.07, 6.45) is 0.862. The molecule has 1 unspecified atom stereocenters. The third kappa shape index (κ3) is 2.50. The van der Waals surface area contributed by atoms with E-state index >= 15 is 0 Å². The standard InChI is InChI=1S/C10H13BO4/c12-11(13)9-3-1-2-4-10(9)15-8-5-6-14-7-8/h1-4,8,12-13H,5-7H2. The van der Waals surface area contributed by atoms with Crippen molar-refractivity contribution in [1.82, 2.24) is 0 Å². The van der Waals surface area contributed by atoms with Crippen LogP contribution in [-0.2, 0) is 4.74 Å². The van der Waals surface area contributed by atoms with Crippen molar-refractivity contribution in [2.75, 3.05) is 13.2 Å². The molecule has 1 heterocycles. The molecule has 80 valence electrons. The summed E-state index contributed by atoms with van der Waals surface area (Å²) in [5.74, 6) is 0.517. The number of hydrogen-bond acceptors (Lipinski definition) is 4. The molecule has 0 amide bonds. The van der Waals surface area contributed by atoms with Crippen LogP contribution in [0.3, 0.4) is 0 Å². The van der Waals surface area contributed by atoms with E-state index in [4.69, 9.17) is 19.5 Å². The van der Waals surface area contributed by atoms with Crippen LogP contribution in [0.25, 0.3) is 0 Å². The Morgan fingerprint density at radius 3 is 2.80 bits per heavy atom. The summed E-state index contributed by atoms with van der Waals surface area (Å²) >= 11 is 0. The Labute approximate surface area is 88.6 Å². The van der Waals surface area contributed by atoms with E-state index in [0.29, 0.717) is 24.4 Å². The van der Waals surface area contributed by atoms with Crippen LogP contribution < -0.4 is 10.2 Å². The predicted octanol–water partition coefficient (Wildman–Crippen LogP) is -0.466. The maximum absolute atomic E-state index is 9.12. The first kappa shape index (κ1) is 10.5. The maximum atomic E-state index is 9.12. The minimum absolute atomic E-state index is 0.0184. The molecule has 1 atom stereocenters. The number of para-hydroxylation sites is 1. The zero-order valence-electron chi connectivity index (χ0n) is 8.30. The molecule has 1 aromatic carbocycles. The second-order valence-electron chi connectivity index (χ2n) is 3.51. The molecule has 1 aliphatic heterocycles. The topological polar surface area (TPSA) is 58.9 Å². The first-order valence-electron chi connectivity index (χ1n) is 4.97. The SMILES string of the molecule is OB(O)c1ccccc1OC1CCOC1. The van der Waals surface area contributed by atoms with Gasteiger partial charge in [-0.1, -0.05) is 18.2 Å². The van der Waals surface area contributed by atoms with Crippen molar-refractivity contribution in [3.05, 3.63) is 24.3 Å². The third-order valence-electron chi connectivity index (χ3n) is 2.38. The normalized spacial score (nSPS) is 20.3. The van der Waals surface area contributed by atoms with Crippen LogP contribution in [0.15, 0.2) is 24.3 Å². The van der Waals surface area contributed by atoms with Gasteiger partial charge in [0, 0.05) is 11.9 Å². The Hall–Kier alpha value is -1.04. The molecule has 0 aromatic heterocycles. The van der Waals surface area contributed by atoms with Gasteiger partial charge in [-0.15, -0.1) is 0 Å². The molecule has 5 heteroatoms. The lowest BCUT2D eigenvalue weighted by atomic mass is 9.79. The first-order valence-corrected chi connectivity index (χ1v) is 4.97. The lowest BCUT2D eigenvalue weighted by Gasteiger charge is -2.14. The molecule has 0 aliphatic carbocycles. The molecule has 2 N–H and O–H groups in total. The van der Waals surface area contributed by atoms with Gasteiger partial charge in [0.05, 0.1) is 13.2 Å². The van der Waals surface area contributed by atoms with E-state index < -0.39 is 7.12 Å². The summed E-state index contributed by atoms with van der Waals surface area (Å²) in [7, 11) is -1.50. The largest absolute Gasteiger partial charge is 0.492 e. The van der Waals surface area contributed by atoms with Gasteiger partial charge in [-0.3, -0.25) is 0 Å². The summed E-state index contributed by atoms with van der Waals surface area (Å²) in [5.41, 5.74) is 0.393. The Morgan fingerprint density at radius 1 is 1.33 bits per heavy atom. The summed E-state index contributed by atoms with van der Waals surface area (Å²) in [4.78, 5) is 0. The second kappa shape index (κ2) is 4.66. The van der Waals surface area contributed by atoms with Crippen LogP contribution >= 0.6 is 0 Å². The summed E-state index contributed by atoms with van der Waals surface area (Å²) < 4.78 is 10.8. The Bertz CT molecular complexity index is 323. The van der Waals surface area contributed by atoms with Gasteiger partial charge < -0.3 is 19.5 Å². The minimum Gasteiger partial charge on any atom is -0.488 e. The Kier molecular flexibility index (Phi) is 3.25. The van der Waals surface area contributed by atoms with Crippen molar-refractivity contribution in [2.45, 2.75) is 12.5 Å². The van der Waals surface area contributed by atoms with Crippen LogP contribution in [0.2, 0.25) is 0 Å². The van der Waals surface area contributed by atoms with Gasteiger partial charge in [-0.25, -0.2) is 0 Å². The van der Waals surface area contributed by atoms with E-state index in [1.54, 1.807) is 24.3 Å². The highest BCUT2D eigenvalue weighted by Crippen LogP contribution is 2.14. The molecule has 2 rings (SSSR count). The van der Waals surface area contributed by atoms with Crippen molar-refractivity contribution in [2.24, 2.45) is 0 Å². The quantitative estimate of drug-likeness (QED) is 0.659. The second-order valence-corrected chi connectivity index (χ2v) is 3.51. The molecule has 15 heavy (non-hydrogen) atoms. The number of ether oxygens (including phenoxy) is 2. The number of benzene rings is 1. The highest BCUT2D eigenvalue weighted by molar-refractivity contribution is 6.59. The van der Waals surface area contributed by atoms with E-state index in [2.05, 4.69) is 0 Å². The van der Waals surface area contributed by atoms with Gasteiger partial charge in [-0.05, 0) is 6.07 Å². The van der Waals surface area contributed by atoms with E-state index in [9.17, 15) is 0 Å². The molecule has 4 nitrogen and oxygen atoms in total. The molecular weight excluding hydrogens is 195 g/mol. The van der Waals surface area contributed by atoms with E-state index in [0.717, 1.165) is 6.42 Å². The highest BCUT2D eigenvalue weighted by Gasteiger charge is 2.21. The Balaban J connectivity index is 2.12. The Morgan fingerprint density at radius 2 is 2.13 bits per heavy atom.